The van der Waals surface area contributed by atoms with Gasteiger partial charge in [-0.3, -0.25) is 9.36 Å². The second-order valence-electron chi connectivity index (χ2n) is 6.47. The molecule has 0 radical (unpaired) electrons. The summed E-state index contributed by atoms with van der Waals surface area (Å²) in [5.41, 5.74) is 0.640. The van der Waals surface area contributed by atoms with Crippen molar-refractivity contribution in [3.05, 3.63) is 45.0 Å². The Morgan fingerprint density at radius 1 is 1.30 bits per heavy atom. The minimum absolute atomic E-state index is 0.0585. The molecule has 2 unspecified atom stereocenters. The normalized spacial score (nSPS) is 24.3. The fourth-order valence-corrected chi connectivity index (χ4v) is 3.93. The molecule has 2 aromatic rings. The third-order valence-electron chi connectivity index (χ3n) is 5.13. The molecule has 3 heterocycles. The number of nitrogens with one attached hydrogen (secondary N) is 2. The lowest BCUT2D eigenvalue weighted by Crippen LogP contribution is -2.31. The molecule has 0 amide bonds. The second kappa shape index (κ2) is 5.40. The van der Waals surface area contributed by atoms with Crippen LogP contribution in [0, 0.1) is 11.8 Å². The van der Waals surface area contributed by atoms with E-state index in [0.717, 1.165) is 24.5 Å². The van der Waals surface area contributed by atoms with Crippen LogP contribution in [0.3, 0.4) is 0 Å². The van der Waals surface area contributed by atoms with Crippen LogP contribution in [-0.2, 0) is 6.54 Å². The number of hydrogen-bond donors (Lipinski definition) is 2. The molecule has 0 aromatic carbocycles. The van der Waals surface area contributed by atoms with Gasteiger partial charge in [-0.1, -0.05) is 0 Å². The van der Waals surface area contributed by atoms with Gasteiger partial charge in [0.25, 0.3) is 0 Å². The first-order chi connectivity index (χ1) is 11.2. The maximum Gasteiger partial charge on any atom is 0.343 e. The first-order valence-corrected chi connectivity index (χ1v) is 8.29. The van der Waals surface area contributed by atoms with Crippen LogP contribution in [0.2, 0.25) is 0 Å². The Morgan fingerprint density at radius 2 is 2.13 bits per heavy atom. The van der Waals surface area contributed by atoms with Gasteiger partial charge in [-0.15, -0.1) is 0 Å². The molecule has 2 atom stereocenters. The summed E-state index contributed by atoms with van der Waals surface area (Å²) in [4.78, 5) is 28.6. The van der Waals surface area contributed by atoms with Gasteiger partial charge in [0.05, 0.1) is 6.04 Å². The van der Waals surface area contributed by atoms with Gasteiger partial charge in [-0.05, 0) is 44.1 Å². The van der Waals surface area contributed by atoms with Gasteiger partial charge in [0, 0.05) is 31.0 Å². The van der Waals surface area contributed by atoms with E-state index in [0.29, 0.717) is 18.4 Å². The monoisotopic (exact) mass is 315 g/mol. The number of pyridine rings is 1. The molecule has 23 heavy (non-hydrogen) atoms. The Labute approximate surface area is 133 Å². The number of anilines is 1. The number of aromatic amines is 2. The van der Waals surface area contributed by atoms with Gasteiger partial charge in [-0.2, -0.15) is 5.10 Å². The Hall–Kier alpha value is -2.31. The number of rotatable bonds is 4. The van der Waals surface area contributed by atoms with Crippen molar-refractivity contribution in [3.63, 3.8) is 0 Å². The van der Waals surface area contributed by atoms with Crippen LogP contribution in [0.25, 0.3) is 0 Å². The highest BCUT2D eigenvalue weighted by Crippen LogP contribution is 2.50. The Kier molecular flexibility index (Phi) is 3.36. The molecule has 7 nitrogen and oxygen atoms in total. The van der Waals surface area contributed by atoms with E-state index < -0.39 is 0 Å². The predicted molar refractivity (Wildman–Crippen MR) is 86.5 cm³/mol. The zero-order valence-electron chi connectivity index (χ0n) is 13.2. The van der Waals surface area contributed by atoms with E-state index in [1.165, 1.54) is 12.8 Å². The topological polar surface area (TPSA) is 86.8 Å². The third kappa shape index (κ3) is 2.40. The molecule has 1 aliphatic heterocycles. The first kappa shape index (κ1) is 14.3. The minimum Gasteiger partial charge on any atom is -0.361 e. The molecule has 122 valence electrons. The minimum atomic E-state index is -0.158. The molecule has 2 N–H and O–H groups in total. The van der Waals surface area contributed by atoms with Crippen LogP contribution >= 0.6 is 0 Å². The highest BCUT2D eigenvalue weighted by Gasteiger charge is 2.46. The summed E-state index contributed by atoms with van der Waals surface area (Å²) in [6.45, 7) is 3.45. The largest absolute Gasteiger partial charge is 0.361 e. The van der Waals surface area contributed by atoms with Crippen molar-refractivity contribution in [1.82, 2.24) is 19.7 Å². The molecule has 2 aliphatic rings. The molecular formula is C16H21N5O2. The molecule has 4 rings (SSSR count). The Bertz CT molecular complexity index is 816. The van der Waals surface area contributed by atoms with Crippen LogP contribution < -0.4 is 16.1 Å². The summed E-state index contributed by atoms with van der Waals surface area (Å²) in [5.74, 6) is 2.01. The van der Waals surface area contributed by atoms with Crippen molar-refractivity contribution in [2.24, 2.45) is 11.8 Å². The Balaban J connectivity index is 1.79. The van der Waals surface area contributed by atoms with Crippen LogP contribution in [0.15, 0.2) is 27.9 Å². The fraction of sp³-hybridized carbons (Fsp3) is 0.562. The average molecular weight is 315 g/mol. The van der Waals surface area contributed by atoms with Crippen LogP contribution in [0.5, 0.6) is 0 Å². The molecule has 2 fully saturated rings. The summed E-state index contributed by atoms with van der Waals surface area (Å²) >= 11 is 0. The third-order valence-corrected chi connectivity index (χ3v) is 5.13. The zero-order valence-corrected chi connectivity index (χ0v) is 13.2. The number of H-pyrrole nitrogens is 2. The Morgan fingerprint density at radius 3 is 2.83 bits per heavy atom. The number of hydrogen-bond acceptors (Lipinski definition) is 4. The lowest BCUT2D eigenvalue weighted by molar-refractivity contribution is 0.402. The van der Waals surface area contributed by atoms with Crippen LogP contribution in [-0.4, -0.2) is 26.3 Å². The fourth-order valence-electron chi connectivity index (χ4n) is 3.93. The molecule has 1 saturated heterocycles. The molecule has 1 saturated carbocycles. The van der Waals surface area contributed by atoms with Gasteiger partial charge in [0.2, 0.25) is 5.56 Å². The lowest BCUT2D eigenvalue weighted by atomic mass is 9.94. The quantitative estimate of drug-likeness (QED) is 0.889. The maximum absolute atomic E-state index is 12.0. The molecule has 2 aromatic heterocycles. The van der Waals surface area contributed by atoms with Gasteiger partial charge in [0.1, 0.15) is 0 Å². The maximum atomic E-state index is 12.0. The summed E-state index contributed by atoms with van der Waals surface area (Å²) in [5, 5.41) is 6.92. The van der Waals surface area contributed by atoms with Crippen molar-refractivity contribution in [2.75, 3.05) is 11.4 Å². The van der Waals surface area contributed by atoms with E-state index in [4.69, 9.17) is 0 Å². The van der Waals surface area contributed by atoms with Gasteiger partial charge >= 0.3 is 5.69 Å². The molecule has 0 spiro atoms. The van der Waals surface area contributed by atoms with E-state index in [2.05, 4.69) is 20.1 Å². The van der Waals surface area contributed by atoms with Crippen molar-refractivity contribution in [2.45, 2.75) is 38.8 Å². The first-order valence-electron chi connectivity index (χ1n) is 8.29. The van der Waals surface area contributed by atoms with Crippen molar-refractivity contribution in [1.29, 1.82) is 0 Å². The number of nitrogens with zero attached hydrogens (tertiary/aromatic N) is 3. The van der Waals surface area contributed by atoms with E-state index in [1.807, 2.05) is 13.0 Å². The molecule has 1 aliphatic carbocycles. The summed E-state index contributed by atoms with van der Waals surface area (Å²) in [6, 6.07) is 3.61. The second-order valence-corrected chi connectivity index (χ2v) is 6.47. The van der Waals surface area contributed by atoms with Crippen molar-refractivity contribution < 1.29 is 0 Å². The highest BCUT2D eigenvalue weighted by molar-refractivity contribution is 5.48. The average Bonchev–Trinajstić information content (AvgIpc) is 3.19. The molecule has 7 heteroatoms. The predicted octanol–water partition coefficient (Wildman–Crippen LogP) is 1.26. The van der Waals surface area contributed by atoms with Crippen LogP contribution in [0.4, 0.5) is 5.69 Å². The zero-order chi connectivity index (χ0) is 16.0. The van der Waals surface area contributed by atoms with E-state index in [9.17, 15) is 9.59 Å². The summed E-state index contributed by atoms with van der Waals surface area (Å²) < 4.78 is 1.71. The van der Waals surface area contributed by atoms with Gasteiger partial charge < -0.3 is 9.88 Å². The van der Waals surface area contributed by atoms with E-state index >= 15 is 0 Å². The SMILES string of the molecule is CCn1c(C2C(C3CC3)CCN2c2cc[nH]c(=O)c2)n[nH]c1=O. The van der Waals surface area contributed by atoms with Crippen molar-refractivity contribution in [3.8, 4) is 0 Å². The summed E-state index contributed by atoms with van der Waals surface area (Å²) in [6.07, 6.45) is 5.26. The standard InChI is InChI=1S/C16H21N5O2/c1-2-20-15(18-19-16(20)23)14-12(10-3-4-10)6-8-21(14)11-5-7-17-13(22)9-11/h5,7,9-10,12,14H,2-4,6,8H2,1H3,(H,17,22)(H,19,23). The smallest absolute Gasteiger partial charge is 0.343 e. The van der Waals surface area contributed by atoms with Gasteiger partial charge in [0.15, 0.2) is 5.82 Å². The molecular weight excluding hydrogens is 294 g/mol. The van der Waals surface area contributed by atoms with Crippen LogP contribution in [0.1, 0.15) is 38.1 Å². The lowest BCUT2D eigenvalue weighted by Gasteiger charge is -2.29. The van der Waals surface area contributed by atoms with E-state index in [1.54, 1.807) is 16.8 Å². The highest BCUT2D eigenvalue weighted by atomic mass is 16.1. The number of aromatic nitrogens is 4. The molecule has 0 bridgehead atoms. The summed E-state index contributed by atoms with van der Waals surface area (Å²) in [7, 11) is 0. The van der Waals surface area contributed by atoms with Crippen molar-refractivity contribution >= 4 is 5.69 Å². The van der Waals surface area contributed by atoms with E-state index in [-0.39, 0.29) is 17.3 Å². The van der Waals surface area contributed by atoms with Gasteiger partial charge in [-0.25, -0.2) is 9.89 Å².